The van der Waals surface area contributed by atoms with Crippen molar-refractivity contribution in [3.05, 3.63) is 87.4 Å². The van der Waals surface area contributed by atoms with Gasteiger partial charge in [0, 0.05) is 26.9 Å². The van der Waals surface area contributed by atoms with Crippen LogP contribution in [0, 0.1) is 0 Å². The molecule has 3 N–H and O–H groups in total. The van der Waals surface area contributed by atoms with Crippen molar-refractivity contribution in [1.82, 2.24) is 5.43 Å². The van der Waals surface area contributed by atoms with Crippen molar-refractivity contribution in [2.75, 3.05) is 12.8 Å². The number of hydrazone groups is 1. The topological polar surface area (TPSA) is 85.9 Å². The minimum absolute atomic E-state index is 0.193. The first-order valence-electron chi connectivity index (χ1n) is 8.90. The van der Waals surface area contributed by atoms with Gasteiger partial charge in [0.2, 0.25) is 0 Å². The number of amides is 1. The summed E-state index contributed by atoms with van der Waals surface area (Å²) in [5.41, 5.74) is 10.5. The standard InChI is InChI=1S/C22H19Cl2N3O3/c1-29-21-10-14(12-26-27-22(28)15-4-2-5-16(25)11-15)8-9-20(21)30-13-17-18(23)6-3-7-19(17)24/h2-12H,13,25H2,1H3,(H,27,28)/b26-12-. The fraction of sp³-hybridized carbons (Fsp3) is 0.0909. The number of nitrogens with zero attached hydrogens (tertiary/aromatic N) is 1. The monoisotopic (exact) mass is 443 g/mol. The summed E-state index contributed by atoms with van der Waals surface area (Å²) in [5.74, 6) is 0.667. The van der Waals surface area contributed by atoms with Crippen molar-refractivity contribution >= 4 is 41.0 Å². The van der Waals surface area contributed by atoms with Crippen LogP contribution in [0.1, 0.15) is 21.5 Å². The molecule has 0 bridgehead atoms. The number of nitrogens with two attached hydrogens (primary N) is 1. The lowest BCUT2D eigenvalue weighted by molar-refractivity contribution is 0.0955. The van der Waals surface area contributed by atoms with E-state index in [-0.39, 0.29) is 12.5 Å². The molecule has 0 fully saturated rings. The maximum absolute atomic E-state index is 12.1. The minimum Gasteiger partial charge on any atom is -0.493 e. The lowest BCUT2D eigenvalue weighted by Gasteiger charge is -2.13. The van der Waals surface area contributed by atoms with Gasteiger partial charge in [0.25, 0.3) is 5.91 Å². The number of hydrogen-bond acceptors (Lipinski definition) is 5. The Kier molecular flexibility index (Phi) is 7.17. The van der Waals surface area contributed by atoms with E-state index < -0.39 is 0 Å². The zero-order valence-electron chi connectivity index (χ0n) is 16.1. The van der Waals surface area contributed by atoms with Crippen molar-refractivity contribution in [3.63, 3.8) is 0 Å². The molecule has 1 amide bonds. The third kappa shape index (κ3) is 5.43. The van der Waals surface area contributed by atoms with Gasteiger partial charge in [0.05, 0.1) is 13.3 Å². The molecule has 0 spiro atoms. The normalized spacial score (nSPS) is 10.8. The summed E-state index contributed by atoms with van der Waals surface area (Å²) in [4.78, 5) is 12.1. The van der Waals surface area contributed by atoms with Crippen LogP contribution in [-0.2, 0) is 6.61 Å². The van der Waals surface area contributed by atoms with Gasteiger partial charge in [0.1, 0.15) is 6.61 Å². The average Bonchev–Trinajstić information content (AvgIpc) is 2.74. The molecule has 3 rings (SSSR count). The highest BCUT2D eigenvalue weighted by Gasteiger charge is 2.10. The quantitative estimate of drug-likeness (QED) is 0.308. The molecule has 0 aliphatic carbocycles. The maximum atomic E-state index is 12.1. The van der Waals surface area contributed by atoms with Crippen molar-refractivity contribution in [1.29, 1.82) is 0 Å². The smallest absolute Gasteiger partial charge is 0.271 e. The zero-order chi connectivity index (χ0) is 21.5. The molecule has 0 saturated heterocycles. The molecule has 30 heavy (non-hydrogen) atoms. The molecule has 0 saturated carbocycles. The number of rotatable bonds is 7. The van der Waals surface area contributed by atoms with Crippen LogP contribution in [0.15, 0.2) is 65.8 Å². The number of benzene rings is 3. The van der Waals surface area contributed by atoms with Crippen molar-refractivity contribution in [2.24, 2.45) is 5.10 Å². The summed E-state index contributed by atoms with van der Waals surface area (Å²) in [6.07, 6.45) is 1.50. The van der Waals surface area contributed by atoms with E-state index in [0.717, 1.165) is 0 Å². The molecule has 0 aromatic heterocycles. The van der Waals surface area contributed by atoms with Crippen molar-refractivity contribution in [2.45, 2.75) is 6.61 Å². The van der Waals surface area contributed by atoms with Crippen LogP contribution in [0.4, 0.5) is 5.69 Å². The van der Waals surface area contributed by atoms with E-state index in [0.29, 0.717) is 43.9 Å². The number of hydrogen-bond donors (Lipinski definition) is 2. The molecule has 3 aromatic carbocycles. The number of halogens is 2. The van der Waals surface area contributed by atoms with Crippen molar-refractivity contribution in [3.8, 4) is 11.5 Å². The van der Waals surface area contributed by atoms with Crippen LogP contribution in [-0.4, -0.2) is 19.2 Å². The predicted molar refractivity (Wildman–Crippen MR) is 120 cm³/mol. The minimum atomic E-state index is -0.359. The van der Waals surface area contributed by atoms with E-state index in [9.17, 15) is 4.79 Å². The van der Waals surface area contributed by atoms with Gasteiger partial charge in [0.15, 0.2) is 11.5 Å². The highest BCUT2D eigenvalue weighted by Crippen LogP contribution is 2.31. The third-order valence-corrected chi connectivity index (χ3v) is 4.86. The molecule has 0 atom stereocenters. The average molecular weight is 444 g/mol. The molecule has 6 nitrogen and oxygen atoms in total. The van der Waals surface area contributed by atoms with E-state index in [4.69, 9.17) is 38.4 Å². The second-order valence-corrected chi connectivity index (χ2v) is 7.04. The SMILES string of the molecule is COc1cc(/C=N\NC(=O)c2cccc(N)c2)ccc1OCc1c(Cl)cccc1Cl. The number of nitrogens with one attached hydrogen (secondary N) is 1. The molecule has 0 heterocycles. The fourth-order valence-corrected chi connectivity index (χ4v) is 3.12. The van der Waals surface area contributed by atoms with Crippen molar-refractivity contribution < 1.29 is 14.3 Å². The van der Waals surface area contributed by atoms with Gasteiger partial charge in [-0.05, 0) is 54.1 Å². The van der Waals surface area contributed by atoms with E-state index in [1.165, 1.54) is 13.3 Å². The Morgan fingerprint density at radius 2 is 1.80 bits per heavy atom. The second-order valence-electron chi connectivity index (χ2n) is 6.22. The van der Waals surface area contributed by atoms with Crippen LogP contribution in [0.3, 0.4) is 0 Å². The molecular weight excluding hydrogens is 425 g/mol. The molecule has 154 valence electrons. The van der Waals surface area contributed by atoms with Gasteiger partial charge in [-0.3, -0.25) is 4.79 Å². The zero-order valence-corrected chi connectivity index (χ0v) is 17.6. The third-order valence-electron chi connectivity index (χ3n) is 4.15. The number of methoxy groups -OCH3 is 1. The van der Waals surface area contributed by atoms with Gasteiger partial charge >= 0.3 is 0 Å². The fourth-order valence-electron chi connectivity index (χ4n) is 2.61. The molecular formula is C22H19Cl2N3O3. The molecule has 0 radical (unpaired) electrons. The number of carbonyl (C=O) groups is 1. The van der Waals surface area contributed by atoms with E-state index in [1.54, 1.807) is 60.7 Å². The van der Waals surface area contributed by atoms with Gasteiger partial charge < -0.3 is 15.2 Å². The van der Waals surface area contributed by atoms with E-state index in [1.807, 2.05) is 0 Å². The van der Waals surface area contributed by atoms with Gasteiger partial charge in [-0.1, -0.05) is 35.3 Å². The van der Waals surface area contributed by atoms with Crippen LogP contribution >= 0.6 is 23.2 Å². The van der Waals surface area contributed by atoms with Crippen LogP contribution in [0.25, 0.3) is 0 Å². The van der Waals surface area contributed by atoms with Gasteiger partial charge in [-0.15, -0.1) is 0 Å². The second kappa shape index (κ2) is 10.0. The van der Waals surface area contributed by atoms with Crippen LogP contribution in [0.2, 0.25) is 10.0 Å². The Morgan fingerprint density at radius 3 is 2.50 bits per heavy atom. The summed E-state index contributed by atoms with van der Waals surface area (Å²) < 4.78 is 11.2. The summed E-state index contributed by atoms with van der Waals surface area (Å²) >= 11 is 12.4. The summed E-state index contributed by atoms with van der Waals surface area (Å²) in [6.45, 7) is 0.193. The molecule has 8 heteroatoms. The van der Waals surface area contributed by atoms with E-state index >= 15 is 0 Å². The highest BCUT2D eigenvalue weighted by molar-refractivity contribution is 6.35. The van der Waals surface area contributed by atoms with Gasteiger partial charge in [-0.2, -0.15) is 5.10 Å². The highest BCUT2D eigenvalue weighted by atomic mass is 35.5. The summed E-state index contributed by atoms with van der Waals surface area (Å²) in [5, 5.41) is 5.03. The number of ether oxygens (including phenoxy) is 2. The first-order chi connectivity index (χ1) is 14.5. The lowest BCUT2D eigenvalue weighted by atomic mass is 10.2. The Bertz CT molecular complexity index is 1070. The van der Waals surface area contributed by atoms with Crippen LogP contribution in [0.5, 0.6) is 11.5 Å². The Balaban J connectivity index is 1.66. The molecule has 0 unspecified atom stereocenters. The number of carbonyl (C=O) groups excluding carboxylic acids is 1. The van der Waals surface area contributed by atoms with Crippen LogP contribution < -0.4 is 20.6 Å². The number of anilines is 1. The Labute approximate surface area is 184 Å². The Hall–Kier alpha value is -3.22. The van der Waals surface area contributed by atoms with E-state index in [2.05, 4.69) is 10.5 Å². The van der Waals surface area contributed by atoms with Gasteiger partial charge in [-0.25, -0.2) is 5.43 Å². The first-order valence-corrected chi connectivity index (χ1v) is 9.66. The molecule has 3 aromatic rings. The summed E-state index contributed by atoms with van der Waals surface area (Å²) in [7, 11) is 1.53. The first kappa shape index (κ1) is 21.5. The summed E-state index contributed by atoms with van der Waals surface area (Å²) in [6, 6.07) is 17.2. The maximum Gasteiger partial charge on any atom is 0.271 e. The predicted octanol–water partition coefficient (Wildman–Crippen LogP) is 4.93. The number of nitrogen functional groups attached to an aromatic ring is 1. The Morgan fingerprint density at radius 1 is 1.07 bits per heavy atom. The molecule has 0 aliphatic heterocycles. The molecule has 0 aliphatic rings. The largest absolute Gasteiger partial charge is 0.493 e. The lowest BCUT2D eigenvalue weighted by Crippen LogP contribution is -2.17.